The van der Waals surface area contributed by atoms with Gasteiger partial charge in [-0.25, -0.2) is 0 Å². The molecule has 53 heavy (non-hydrogen) atoms. The summed E-state index contributed by atoms with van der Waals surface area (Å²) in [6.45, 7) is 19.2. The molecule has 0 heterocycles. The Kier molecular flexibility index (Phi) is 50.5. The van der Waals surface area contributed by atoms with Gasteiger partial charge in [0.25, 0.3) is 0 Å². The smallest absolute Gasteiger partial charge is 0.0704 e. The van der Waals surface area contributed by atoms with E-state index < -0.39 is 0 Å². The minimum absolute atomic E-state index is 0.518. The summed E-state index contributed by atoms with van der Waals surface area (Å²) in [5, 5.41) is 0. The molecule has 318 valence electrons. The van der Waals surface area contributed by atoms with Crippen LogP contribution in [0.3, 0.4) is 0 Å². The molecule has 12 nitrogen and oxygen atoms in total. The highest BCUT2D eigenvalue weighted by atomic mass is 16.6. The Morgan fingerprint density at radius 3 is 0.660 bits per heavy atom. The van der Waals surface area contributed by atoms with Crippen molar-refractivity contribution in [2.75, 3.05) is 159 Å². The molecular weight excluding hydrogens is 684 g/mol. The van der Waals surface area contributed by atoms with Gasteiger partial charge in [-0.2, -0.15) is 0 Å². The van der Waals surface area contributed by atoms with Crippen molar-refractivity contribution in [1.82, 2.24) is 0 Å². The third-order valence-corrected chi connectivity index (χ3v) is 7.97. The Balaban J connectivity index is 3.05. The highest BCUT2D eigenvalue weighted by Crippen LogP contribution is 2.13. The van der Waals surface area contributed by atoms with E-state index >= 15 is 0 Å². The van der Waals surface area contributed by atoms with Crippen LogP contribution in [0.1, 0.15) is 96.8 Å². The summed E-state index contributed by atoms with van der Waals surface area (Å²) in [5.41, 5.74) is 0. The summed E-state index contributed by atoms with van der Waals surface area (Å²) in [6, 6.07) is 0. The summed E-state index contributed by atoms with van der Waals surface area (Å²) < 4.78 is 65.8. The maximum absolute atomic E-state index is 5.68. The first-order valence-electron chi connectivity index (χ1n) is 21.0. The third kappa shape index (κ3) is 51.3. The summed E-state index contributed by atoms with van der Waals surface area (Å²) >= 11 is 0. The van der Waals surface area contributed by atoms with E-state index in [1.165, 1.54) is 83.5 Å². The van der Waals surface area contributed by atoms with E-state index in [-0.39, 0.29) is 0 Å². The zero-order valence-corrected chi connectivity index (χ0v) is 34.1. The normalized spacial score (nSPS) is 11.6. The van der Waals surface area contributed by atoms with Crippen LogP contribution in [0.4, 0.5) is 0 Å². The van der Waals surface area contributed by atoms with E-state index in [0.29, 0.717) is 152 Å². The maximum atomic E-state index is 5.68. The van der Waals surface area contributed by atoms with Crippen molar-refractivity contribution < 1.29 is 56.8 Å². The lowest BCUT2D eigenvalue weighted by Gasteiger charge is -2.09. The van der Waals surface area contributed by atoms with Crippen molar-refractivity contribution in [1.29, 1.82) is 0 Å². The van der Waals surface area contributed by atoms with Gasteiger partial charge in [0, 0.05) is 6.61 Å². The molecule has 0 aromatic heterocycles. The largest absolute Gasteiger partial charge is 0.379 e. The zero-order chi connectivity index (χ0) is 38.1. The molecule has 0 aliphatic rings. The summed E-state index contributed by atoms with van der Waals surface area (Å²) in [7, 11) is 0. The molecule has 12 heteroatoms. The van der Waals surface area contributed by atoms with Crippen LogP contribution in [0.2, 0.25) is 0 Å². The van der Waals surface area contributed by atoms with Crippen LogP contribution in [-0.4, -0.2) is 159 Å². The van der Waals surface area contributed by atoms with Crippen LogP contribution in [-0.2, 0) is 56.8 Å². The number of rotatable bonds is 50. The first-order chi connectivity index (χ1) is 26.4. The van der Waals surface area contributed by atoms with E-state index in [0.717, 1.165) is 13.0 Å². The van der Waals surface area contributed by atoms with Crippen LogP contribution in [0.25, 0.3) is 0 Å². The molecule has 0 aromatic carbocycles. The second kappa shape index (κ2) is 51.3. The fourth-order valence-corrected chi connectivity index (χ4v) is 4.98. The minimum Gasteiger partial charge on any atom is -0.379 e. The second-order valence-electron chi connectivity index (χ2n) is 12.7. The molecule has 0 aliphatic heterocycles. The number of ether oxygens (including phenoxy) is 12. The van der Waals surface area contributed by atoms with E-state index in [1.54, 1.807) is 6.08 Å². The van der Waals surface area contributed by atoms with Crippen molar-refractivity contribution in [3.05, 3.63) is 12.7 Å². The van der Waals surface area contributed by atoms with Gasteiger partial charge in [0.1, 0.15) is 0 Å². The lowest BCUT2D eigenvalue weighted by atomic mass is 10.0. The highest BCUT2D eigenvalue weighted by Gasteiger charge is 1.98. The van der Waals surface area contributed by atoms with Crippen LogP contribution >= 0.6 is 0 Å². The molecule has 0 fully saturated rings. The summed E-state index contributed by atoms with van der Waals surface area (Å²) in [6.07, 6.45) is 21.0. The Labute approximate surface area is 324 Å². The van der Waals surface area contributed by atoms with Crippen molar-refractivity contribution in [2.45, 2.75) is 96.8 Å². The molecule has 0 aliphatic carbocycles. The minimum atomic E-state index is 0.518. The Morgan fingerprint density at radius 2 is 0.434 bits per heavy atom. The zero-order valence-electron chi connectivity index (χ0n) is 34.1. The van der Waals surface area contributed by atoms with Gasteiger partial charge in [0.2, 0.25) is 0 Å². The first kappa shape index (κ1) is 52.3. The van der Waals surface area contributed by atoms with E-state index in [4.69, 9.17) is 56.8 Å². The fourth-order valence-electron chi connectivity index (χ4n) is 4.98. The summed E-state index contributed by atoms with van der Waals surface area (Å²) in [5.74, 6) is 0. The van der Waals surface area contributed by atoms with E-state index in [2.05, 4.69) is 13.5 Å². The molecule has 0 amide bonds. The van der Waals surface area contributed by atoms with Gasteiger partial charge in [-0.3, -0.25) is 0 Å². The molecule has 0 aromatic rings. The van der Waals surface area contributed by atoms with E-state index in [1.807, 2.05) is 0 Å². The van der Waals surface area contributed by atoms with Crippen molar-refractivity contribution in [3.8, 4) is 0 Å². The Morgan fingerprint density at radius 1 is 0.245 bits per heavy atom. The van der Waals surface area contributed by atoms with Gasteiger partial charge in [0.15, 0.2) is 0 Å². The van der Waals surface area contributed by atoms with Gasteiger partial charge in [-0.05, 0) is 6.42 Å². The first-order valence-corrected chi connectivity index (χ1v) is 21.0. The molecule has 0 rings (SSSR count). The average molecular weight is 767 g/mol. The van der Waals surface area contributed by atoms with Crippen LogP contribution in [0.15, 0.2) is 12.7 Å². The number of unbranched alkanes of at least 4 members (excludes halogenated alkanes) is 13. The van der Waals surface area contributed by atoms with E-state index in [9.17, 15) is 0 Å². The predicted octanol–water partition coefficient (Wildman–Crippen LogP) is 6.85. The van der Waals surface area contributed by atoms with Crippen molar-refractivity contribution in [3.63, 3.8) is 0 Å². The molecule has 0 unspecified atom stereocenters. The van der Waals surface area contributed by atoms with Crippen LogP contribution in [0, 0.1) is 0 Å². The maximum Gasteiger partial charge on any atom is 0.0704 e. The molecule has 0 bridgehead atoms. The lowest BCUT2D eigenvalue weighted by molar-refractivity contribution is -0.0282. The van der Waals surface area contributed by atoms with Gasteiger partial charge in [-0.1, -0.05) is 96.5 Å². The SMILES string of the molecule is C=CCOCCOCCOCCOCCOCCOCCOCCOCCOCCOCCOCCOCCCCCCCCCCCCCCCC. The lowest BCUT2D eigenvalue weighted by Crippen LogP contribution is -2.15. The molecule has 0 saturated carbocycles. The standard InChI is InChI=1S/C41H82O12/c1-3-5-6-7-8-9-10-11-12-13-14-15-16-17-19-43-21-23-45-25-27-47-29-31-49-33-35-51-37-39-53-41-40-52-38-36-50-34-32-48-30-28-46-26-24-44-22-20-42-18-4-2/h4H,2-3,5-41H2,1H3. The van der Waals surface area contributed by atoms with Gasteiger partial charge in [0.05, 0.1) is 152 Å². The Bertz CT molecular complexity index is 646. The van der Waals surface area contributed by atoms with Gasteiger partial charge < -0.3 is 56.8 Å². The third-order valence-electron chi connectivity index (χ3n) is 7.97. The Hall–Kier alpha value is -0.740. The topological polar surface area (TPSA) is 111 Å². The predicted molar refractivity (Wildman–Crippen MR) is 210 cm³/mol. The molecule has 0 saturated heterocycles. The quantitative estimate of drug-likeness (QED) is 0.0477. The van der Waals surface area contributed by atoms with Crippen LogP contribution < -0.4 is 0 Å². The van der Waals surface area contributed by atoms with Gasteiger partial charge >= 0.3 is 0 Å². The second-order valence-corrected chi connectivity index (χ2v) is 12.7. The molecule has 0 atom stereocenters. The van der Waals surface area contributed by atoms with Crippen LogP contribution in [0.5, 0.6) is 0 Å². The average Bonchev–Trinajstić information content (AvgIpc) is 3.17. The van der Waals surface area contributed by atoms with Crippen molar-refractivity contribution >= 4 is 0 Å². The molecule has 0 spiro atoms. The van der Waals surface area contributed by atoms with Crippen molar-refractivity contribution in [2.24, 2.45) is 0 Å². The highest BCUT2D eigenvalue weighted by molar-refractivity contribution is 4.63. The van der Waals surface area contributed by atoms with Gasteiger partial charge in [-0.15, -0.1) is 6.58 Å². The molecular formula is C41H82O12. The fraction of sp³-hybridized carbons (Fsp3) is 0.951. The molecule has 0 N–H and O–H groups in total. The molecule has 0 radical (unpaired) electrons. The number of hydrogen-bond donors (Lipinski definition) is 0. The monoisotopic (exact) mass is 767 g/mol. The summed E-state index contributed by atoms with van der Waals surface area (Å²) in [4.78, 5) is 0. The number of hydrogen-bond acceptors (Lipinski definition) is 12.